The Morgan fingerprint density at radius 1 is 0.944 bits per heavy atom. The van der Waals surface area contributed by atoms with E-state index in [0.717, 1.165) is 23.1 Å². The van der Waals surface area contributed by atoms with Gasteiger partial charge in [-0.1, -0.05) is 30.3 Å². The molecule has 18 heavy (non-hydrogen) atoms. The van der Waals surface area contributed by atoms with Crippen LogP contribution in [0.4, 0.5) is 11.4 Å². The van der Waals surface area contributed by atoms with Gasteiger partial charge in [0.25, 0.3) is 0 Å². The number of hydrogen-bond donors (Lipinski definition) is 1. The van der Waals surface area contributed by atoms with Gasteiger partial charge in [-0.05, 0) is 29.8 Å². The Morgan fingerprint density at radius 2 is 1.56 bits per heavy atom. The predicted octanol–water partition coefficient (Wildman–Crippen LogP) is 3.68. The van der Waals surface area contributed by atoms with E-state index in [-0.39, 0.29) is 0 Å². The minimum Gasteiger partial charge on any atom is -0.356 e. The Hall–Kier alpha value is -2.62. The second kappa shape index (κ2) is 5.63. The van der Waals surface area contributed by atoms with Crippen molar-refractivity contribution in [2.45, 2.75) is 0 Å². The topological polar surface area (TPSA) is 55.2 Å². The lowest BCUT2D eigenvalue weighted by Gasteiger charge is -2.05. The highest BCUT2D eigenvalue weighted by Gasteiger charge is 1.94. The number of rotatable bonds is 4. The van der Waals surface area contributed by atoms with Crippen LogP contribution in [-0.2, 0) is 0 Å². The Balaban J connectivity index is 2.06. The third kappa shape index (κ3) is 3.45. The minimum atomic E-state index is -0.476. The molecule has 4 nitrogen and oxygen atoms in total. The van der Waals surface area contributed by atoms with Crippen LogP contribution in [0.25, 0.3) is 6.08 Å². The van der Waals surface area contributed by atoms with Gasteiger partial charge in [-0.2, -0.15) is 0 Å². The number of nitrogens with zero attached hydrogens (tertiary/aromatic N) is 1. The van der Waals surface area contributed by atoms with Crippen LogP contribution in [-0.4, -0.2) is 4.92 Å². The largest absolute Gasteiger partial charge is 0.356 e. The molecular weight excluding hydrogens is 228 g/mol. The molecule has 0 aliphatic rings. The normalized spacial score (nSPS) is 10.4. The summed E-state index contributed by atoms with van der Waals surface area (Å²) in [7, 11) is 0. The van der Waals surface area contributed by atoms with E-state index in [0.29, 0.717) is 0 Å². The zero-order valence-corrected chi connectivity index (χ0v) is 9.61. The van der Waals surface area contributed by atoms with Crippen molar-refractivity contribution in [3.63, 3.8) is 0 Å². The van der Waals surface area contributed by atoms with Crippen LogP contribution in [0.2, 0.25) is 0 Å². The molecule has 4 heteroatoms. The molecule has 0 aliphatic carbocycles. The number of anilines is 2. The van der Waals surface area contributed by atoms with Gasteiger partial charge in [-0.3, -0.25) is 10.1 Å². The number of para-hydroxylation sites is 1. The van der Waals surface area contributed by atoms with Gasteiger partial charge in [0.05, 0.1) is 4.92 Å². The molecular formula is C14H12N2O2. The lowest BCUT2D eigenvalue weighted by Crippen LogP contribution is -1.89. The number of nitro groups is 1. The molecule has 0 radical (unpaired) electrons. The molecule has 90 valence electrons. The van der Waals surface area contributed by atoms with Crippen molar-refractivity contribution in [3.8, 4) is 0 Å². The summed E-state index contributed by atoms with van der Waals surface area (Å²) < 4.78 is 0. The molecule has 0 fully saturated rings. The third-order valence-electron chi connectivity index (χ3n) is 2.36. The fourth-order valence-electron chi connectivity index (χ4n) is 1.51. The van der Waals surface area contributed by atoms with Gasteiger partial charge in [0, 0.05) is 17.5 Å². The van der Waals surface area contributed by atoms with Crippen molar-refractivity contribution >= 4 is 17.5 Å². The molecule has 0 aliphatic heterocycles. The maximum absolute atomic E-state index is 10.2. The van der Waals surface area contributed by atoms with E-state index in [9.17, 15) is 10.1 Å². The van der Waals surface area contributed by atoms with Gasteiger partial charge in [0.15, 0.2) is 0 Å². The van der Waals surface area contributed by atoms with Crippen LogP contribution < -0.4 is 5.32 Å². The van der Waals surface area contributed by atoms with Crippen molar-refractivity contribution in [3.05, 3.63) is 76.5 Å². The summed E-state index contributed by atoms with van der Waals surface area (Å²) in [5.41, 5.74) is 2.75. The lowest BCUT2D eigenvalue weighted by molar-refractivity contribution is -0.400. The summed E-state index contributed by atoms with van der Waals surface area (Å²) in [5.74, 6) is 0. The summed E-state index contributed by atoms with van der Waals surface area (Å²) in [6.45, 7) is 0. The van der Waals surface area contributed by atoms with Crippen molar-refractivity contribution in [2.75, 3.05) is 5.32 Å². The molecule has 1 N–H and O–H groups in total. The highest BCUT2D eigenvalue weighted by Crippen LogP contribution is 2.16. The molecule has 2 rings (SSSR count). The second-order valence-electron chi connectivity index (χ2n) is 3.71. The van der Waals surface area contributed by atoms with E-state index in [1.165, 1.54) is 6.08 Å². The summed E-state index contributed by atoms with van der Waals surface area (Å²) in [4.78, 5) is 9.71. The first-order valence-electron chi connectivity index (χ1n) is 5.48. The summed E-state index contributed by atoms with van der Waals surface area (Å²) >= 11 is 0. The first-order valence-corrected chi connectivity index (χ1v) is 5.48. The molecule has 0 unspecified atom stereocenters. The summed E-state index contributed by atoms with van der Waals surface area (Å²) in [5, 5.41) is 13.4. The highest BCUT2D eigenvalue weighted by molar-refractivity contribution is 5.61. The molecule has 0 spiro atoms. The van der Waals surface area contributed by atoms with Crippen LogP contribution in [0.15, 0.2) is 60.8 Å². The van der Waals surface area contributed by atoms with Gasteiger partial charge < -0.3 is 5.32 Å². The van der Waals surface area contributed by atoms with Crippen LogP contribution in [0.5, 0.6) is 0 Å². The van der Waals surface area contributed by atoms with E-state index < -0.39 is 4.92 Å². The van der Waals surface area contributed by atoms with E-state index in [1.54, 1.807) is 0 Å². The number of hydrogen-bond acceptors (Lipinski definition) is 3. The second-order valence-corrected chi connectivity index (χ2v) is 3.71. The van der Waals surface area contributed by atoms with E-state index >= 15 is 0 Å². The van der Waals surface area contributed by atoms with Gasteiger partial charge in [-0.15, -0.1) is 0 Å². The lowest BCUT2D eigenvalue weighted by atomic mass is 10.2. The van der Waals surface area contributed by atoms with Gasteiger partial charge in [0.2, 0.25) is 6.20 Å². The quantitative estimate of drug-likeness (QED) is 0.655. The molecule has 0 heterocycles. The van der Waals surface area contributed by atoms with E-state index in [4.69, 9.17) is 0 Å². The molecule has 2 aromatic rings. The average molecular weight is 240 g/mol. The van der Waals surface area contributed by atoms with Gasteiger partial charge in [-0.25, -0.2) is 0 Å². The zero-order valence-electron chi connectivity index (χ0n) is 9.61. The van der Waals surface area contributed by atoms with Gasteiger partial charge >= 0.3 is 0 Å². The maximum Gasteiger partial charge on any atom is 0.235 e. The fourth-order valence-corrected chi connectivity index (χ4v) is 1.51. The van der Waals surface area contributed by atoms with Crippen molar-refractivity contribution in [2.24, 2.45) is 0 Å². The Morgan fingerprint density at radius 3 is 2.17 bits per heavy atom. The standard InChI is InChI=1S/C14H12N2O2/c17-16(18)11-10-12-6-8-14(9-7-12)15-13-4-2-1-3-5-13/h1-11,15H. The minimum absolute atomic E-state index is 0.476. The molecule has 0 bridgehead atoms. The third-order valence-corrected chi connectivity index (χ3v) is 2.36. The molecule has 0 aromatic heterocycles. The average Bonchev–Trinajstić information content (AvgIpc) is 2.39. The SMILES string of the molecule is O=[N+]([O-])C=Cc1ccc(Nc2ccccc2)cc1. The van der Waals surface area contributed by atoms with Crippen molar-refractivity contribution in [1.29, 1.82) is 0 Å². The Kier molecular flexibility index (Phi) is 3.71. The monoisotopic (exact) mass is 240 g/mol. The van der Waals surface area contributed by atoms with Crippen LogP contribution in [0.1, 0.15) is 5.56 Å². The summed E-state index contributed by atoms with van der Waals surface area (Å²) in [6.07, 6.45) is 2.39. The molecule has 0 amide bonds. The maximum atomic E-state index is 10.2. The summed E-state index contributed by atoms with van der Waals surface area (Å²) in [6, 6.07) is 17.2. The van der Waals surface area contributed by atoms with Crippen molar-refractivity contribution < 1.29 is 4.92 Å². The van der Waals surface area contributed by atoms with Crippen molar-refractivity contribution in [1.82, 2.24) is 0 Å². The number of nitrogens with one attached hydrogen (secondary N) is 1. The molecule has 0 saturated carbocycles. The van der Waals surface area contributed by atoms with E-state index in [2.05, 4.69) is 5.32 Å². The zero-order chi connectivity index (χ0) is 12.8. The fraction of sp³-hybridized carbons (Fsp3) is 0. The van der Waals surface area contributed by atoms with E-state index in [1.807, 2.05) is 54.6 Å². The Bertz CT molecular complexity index is 548. The first-order chi connectivity index (χ1) is 8.74. The number of benzene rings is 2. The Labute approximate surface area is 105 Å². The molecule has 0 atom stereocenters. The smallest absolute Gasteiger partial charge is 0.235 e. The van der Waals surface area contributed by atoms with Crippen LogP contribution in [0.3, 0.4) is 0 Å². The van der Waals surface area contributed by atoms with Gasteiger partial charge in [0.1, 0.15) is 0 Å². The first kappa shape index (κ1) is 11.9. The van der Waals surface area contributed by atoms with Crippen LogP contribution >= 0.6 is 0 Å². The highest BCUT2D eigenvalue weighted by atomic mass is 16.6. The predicted molar refractivity (Wildman–Crippen MR) is 72.2 cm³/mol. The molecule has 2 aromatic carbocycles. The molecule has 0 saturated heterocycles. The van der Waals surface area contributed by atoms with Crippen LogP contribution in [0, 0.1) is 10.1 Å².